The van der Waals surface area contributed by atoms with Crippen molar-refractivity contribution in [2.24, 2.45) is 0 Å². The van der Waals surface area contributed by atoms with Crippen molar-refractivity contribution in [2.75, 3.05) is 32.2 Å². The van der Waals surface area contributed by atoms with E-state index in [9.17, 15) is 9.59 Å². The smallest absolute Gasteiger partial charge is 0.331 e. The van der Waals surface area contributed by atoms with Gasteiger partial charge in [0.25, 0.3) is 0 Å². The molecule has 0 unspecified atom stereocenters. The van der Waals surface area contributed by atoms with Gasteiger partial charge in [0, 0.05) is 25.9 Å². The van der Waals surface area contributed by atoms with Crippen molar-refractivity contribution >= 4 is 23.2 Å². The summed E-state index contributed by atoms with van der Waals surface area (Å²) in [5, 5.41) is 0. The molecule has 22 heavy (non-hydrogen) atoms. The first kappa shape index (κ1) is 17.8. The molecule has 0 saturated carbocycles. The minimum Gasteiger partial charge on any atom is -0.466 e. The lowest BCUT2D eigenvalue weighted by atomic mass is 10.0. The third-order valence-corrected chi connectivity index (χ3v) is 2.97. The Labute approximate surface area is 131 Å². The number of ether oxygens (including phenoxy) is 2. The highest BCUT2D eigenvalue weighted by atomic mass is 16.5. The van der Waals surface area contributed by atoms with Crippen molar-refractivity contribution < 1.29 is 19.1 Å². The normalized spacial score (nSPS) is 11.0. The molecule has 1 aromatic rings. The first-order valence-electron chi connectivity index (χ1n) is 7.28. The number of hydrogen-bond donors (Lipinski definition) is 0. The van der Waals surface area contributed by atoms with Gasteiger partial charge in [-0.15, -0.1) is 0 Å². The predicted octanol–water partition coefficient (Wildman–Crippen LogP) is 2.65. The van der Waals surface area contributed by atoms with E-state index in [1.165, 1.54) is 6.08 Å². The lowest BCUT2D eigenvalue weighted by molar-refractivity contribution is -0.141. The average molecular weight is 305 g/mol. The maximum Gasteiger partial charge on any atom is 0.331 e. The second kappa shape index (κ2) is 8.87. The Bertz CT molecular complexity index is 532. The van der Waals surface area contributed by atoms with Crippen molar-refractivity contribution in [1.29, 1.82) is 0 Å². The quantitative estimate of drug-likeness (QED) is 0.572. The average Bonchev–Trinajstić information content (AvgIpc) is 2.47. The molecule has 0 fully saturated rings. The van der Waals surface area contributed by atoms with E-state index in [-0.39, 0.29) is 12.4 Å². The molecule has 0 aliphatic carbocycles. The van der Waals surface area contributed by atoms with Crippen LogP contribution in [0.2, 0.25) is 0 Å². The molecule has 5 heteroatoms. The van der Waals surface area contributed by atoms with Crippen molar-refractivity contribution in [1.82, 2.24) is 0 Å². The summed E-state index contributed by atoms with van der Waals surface area (Å²) >= 11 is 0. The first-order valence-corrected chi connectivity index (χ1v) is 7.28. The molecule has 0 aromatic heterocycles. The van der Waals surface area contributed by atoms with E-state index in [4.69, 9.17) is 9.47 Å². The molecule has 0 spiro atoms. The van der Waals surface area contributed by atoms with Gasteiger partial charge in [-0.3, -0.25) is 4.79 Å². The fraction of sp³-hybridized carbons (Fsp3) is 0.412. The highest BCUT2D eigenvalue weighted by molar-refractivity contribution is 5.96. The number of benzene rings is 1. The fourth-order valence-electron chi connectivity index (χ4n) is 1.90. The van der Waals surface area contributed by atoms with Gasteiger partial charge in [0.1, 0.15) is 0 Å². The van der Waals surface area contributed by atoms with Crippen LogP contribution in [0.15, 0.2) is 30.3 Å². The second-order valence-corrected chi connectivity index (χ2v) is 4.84. The van der Waals surface area contributed by atoms with Crippen LogP contribution in [0.25, 0.3) is 5.57 Å². The predicted molar refractivity (Wildman–Crippen MR) is 86.6 cm³/mol. The largest absolute Gasteiger partial charge is 0.466 e. The Morgan fingerprint density at radius 1 is 1.05 bits per heavy atom. The molecule has 5 nitrogen and oxygen atoms in total. The molecule has 0 bridgehead atoms. The molecule has 0 aliphatic rings. The Hall–Kier alpha value is -2.30. The summed E-state index contributed by atoms with van der Waals surface area (Å²) in [5.74, 6) is -0.826. The van der Waals surface area contributed by atoms with E-state index < -0.39 is 5.97 Å². The minimum absolute atomic E-state index is 0.0357. The molecule has 0 atom stereocenters. The van der Waals surface area contributed by atoms with Crippen LogP contribution in [0.5, 0.6) is 0 Å². The summed E-state index contributed by atoms with van der Waals surface area (Å²) in [5.41, 5.74) is 2.42. The fourth-order valence-corrected chi connectivity index (χ4v) is 1.90. The van der Waals surface area contributed by atoms with Crippen LogP contribution in [0.1, 0.15) is 25.8 Å². The van der Waals surface area contributed by atoms with Gasteiger partial charge < -0.3 is 14.4 Å². The number of hydrogen-bond acceptors (Lipinski definition) is 5. The van der Waals surface area contributed by atoms with Gasteiger partial charge in [-0.25, -0.2) is 4.79 Å². The summed E-state index contributed by atoms with van der Waals surface area (Å²) < 4.78 is 9.88. The summed E-state index contributed by atoms with van der Waals surface area (Å²) in [6, 6.07) is 7.61. The molecule has 120 valence electrons. The molecule has 0 radical (unpaired) electrons. The lowest BCUT2D eigenvalue weighted by Crippen LogP contribution is -2.09. The maximum absolute atomic E-state index is 11.7. The molecule has 0 amide bonds. The van der Waals surface area contributed by atoms with Crippen molar-refractivity contribution in [3.05, 3.63) is 35.9 Å². The SMILES string of the molecule is CCOC(=O)/C=C(/CC(=O)OCC)c1ccc(N(C)C)cc1. The van der Waals surface area contributed by atoms with Gasteiger partial charge in [-0.1, -0.05) is 12.1 Å². The van der Waals surface area contributed by atoms with E-state index in [0.717, 1.165) is 11.3 Å². The van der Waals surface area contributed by atoms with Crippen LogP contribution < -0.4 is 4.90 Å². The summed E-state index contributed by atoms with van der Waals surface area (Å²) in [4.78, 5) is 25.4. The zero-order chi connectivity index (χ0) is 16.5. The highest BCUT2D eigenvalue weighted by Crippen LogP contribution is 2.22. The summed E-state index contributed by atoms with van der Waals surface area (Å²) in [7, 11) is 3.89. The van der Waals surface area contributed by atoms with Gasteiger partial charge in [0.2, 0.25) is 0 Å². The van der Waals surface area contributed by atoms with Gasteiger partial charge in [0.15, 0.2) is 0 Å². The maximum atomic E-state index is 11.7. The third-order valence-electron chi connectivity index (χ3n) is 2.97. The zero-order valence-electron chi connectivity index (χ0n) is 13.6. The summed E-state index contributed by atoms with van der Waals surface area (Å²) in [6.45, 7) is 4.09. The highest BCUT2D eigenvalue weighted by Gasteiger charge is 2.12. The van der Waals surface area contributed by atoms with E-state index in [1.807, 2.05) is 43.3 Å². The molecule has 0 saturated heterocycles. The molecule has 0 N–H and O–H groups in total. The Balaban J connectivity index is 3.02. The van der Waals surface area contributed by atoms with Crippen molar-refractivity contribution in [3.63, 3.8) is 0 Å². The number of carbonyl (C=O) groups excluding carboxylic acids is 2. The third kappa shape index (κ3) is 5.60. The van der Waals surface area contributed by atoms with E-state index in [1.54, 1.807) is 13.8 Å². The van der Waals surface area contributed by atoms with Crippen LogP contribution in [0.3, 0.4) is 0 Å². The van der Waals surface area contributed by atoms with Crippen LogP contribution in [0, 0.1) is 0 Å². The lowest BCUT2D eigenvalue weighted by Gasteiger charge is -2.14. The van der Waals surface area contributed by atoms with Crippen LogP contribution in [-0.4, -0.2) is 39.2 Å². The van der Waals surface area contributed by atoms with Gasteiger partial charge >= 0.3 is 11.9 Å². The second-order valence-electron chi connectivity index (χ2n) is 4.84. The van der Waals surface area contributed by atoms with E-state index in [0.29, 0.717) is 18.8 Å². The molecule has 1 aromatic carbocycles. The molecule has 0 aliphatic heterocycles. The van der Waals surface area contributed by atoms with Crippen molar-refractivity contribution in [3.8, 4) is 0 Å². The minimum atomic E-state index is -0.460. The Morgan fingerprint density at radius 3 is 2.14 bits per heavy atom. The van der Waals surface area contributed by atoms with Crippen LogP contribution >= 0.6 is 0 Å². The number of anilines is 1. The number of rotatable bonds is 7. The standard InChI is InChI=1S/C17H23NO4/c1-5-21-16(19)11-14(12-17(20)22-6-2)13-7-9-15(10-8-13)18(3)4/h7-11H,5-6,12H2,1-4H3/b14-11-. The van der Waals surface area contributed by atoms with Crippen molar-refractivity contribution in [2.45, 2.75) is 20.3 Å². The molecular weight excluding hydrogens is 282 g/mol. The number of carbonyl (C=O) groups is 2. The Morgan fingerprint density at radius 2 is 1.64 bits per heavy atom. The monoisotopic (exact) mass is 305 g/mol. The molecule has 0 heterocycles. The van der Waals surface area contributed by atoms with Gasteiger partial charge in [-0.05, 0) is 37.1 Å². The van der Waals surface area contributed by atoms with Crippen LogP contribution in [0.4, 0.5) is 5.69 Å². The molecular formula is C17H23NO4. The zero-order valence-corrected chi connectivity index (χ0v) is 13.6. The number of esters is 2. The van der Waals surface area contributed by atoms with Gasteiger partial charge in [0.05, 0.1) is 19.6 Å². The topological polar surface area (TPSA) is 55.8 Å². The van der Waals surface area contributed by atoms with Gasteiger partial charge in [-0.2, -0.15) is 0 Å². The summed E-state index contributed by atoms with van der Waals surface area (Å²) in [6.07, 6.45) is 1.39. The van der Waals surface area contributed by atoms with Crippen LogP contribution in [-0.2, 0) is 19.1 Å². The Kier molecular flexibility index (Phi) is 7.16. The number of nitrogens with zero attached hydrogens (tertiary/aromatic N) is 1. The van der Waals surface area contributed by atoms with E-state index in [2.05, 4.69) is 0 Å². The first-order chi connectivity index (χ1) is 10.5. The van der Waals surface area contributed by atoms with E-state index >= 15 is 0 Å². The molecule has 1 rings (SSSR count).